The maximum absolute atomic E-state index is 10.7. The van der Waals surface area contributed by atoms with E-state index in [0.29, 0.717) is 10.6 Å². The number of nitrogens with one attached hydrogen (secondary N) is 1. The third-order valence-electron chi connectivity index (χ3n) is 3.01. The first kappa shape index (κ1) is 11.1. The van der Waals surface area contributed by atoms with Gasteiger partial charge in [-0.15, -0.1) is 0 Å². The monoisotopic (exact) mass is 255 g/mol. The van der Waals surface area contributed by atoms with Crippen LogP contribution in [0.1, 0.15) is 10.4 Å². The first-order valence-corrected chi connectivity index (χ1v) is 5.98. The lowest BCUT2D eigenvalue weighted by Gasteiger charge is -2.06. The highest BCUT2D eigenvalue weighted by Crippen LogP contribution is 2.33. The van der Waals surface area contributed by atoms with Gasteiger partial charge in [-0.3, -0.25) is 4.79 Å². The van der Waals surface area contributed by atoms with E-state index in [1.54, 1.807) is 12.1 Å². The SMILES string of the molecule is O=Cc1ccc(-c2cccc3[nH]ccc23)c(Cl)c1. The Balaban J connectivity index is 2.26. The Morgan fingerprint density at radius 3 is 2.72 bits per heavy atom. The normalized spacial score (nSPS) is 10.7. The van der Waals surface area contributed by atoms with E-state index in [1.165, 1.54) is 0 Å². The van der Waals surface area contributed by atoms with Gasteiger partial charge >= 0.3 is 0 Å². The summed E-state index contributed by atoms with van der Waals surface area (Å²) in [5.74, 6) is 0. The number of H-pyrrole nitrogens is 1. The summed E-state index contributed by atoms with van der Waals surface area (Å²) >= 11 is 6.24. The van der Waals surface area contributed by atoms with Gasteiger partial charge in [-0.05, 0) is 23.8 Å². The quantitative estimate of drug-likeness (QED) is 0.681. The fourth-order valence-corrected chi connectivity index (χ4v) is 2.43. The molecule has 0 fully saturated rings. The minimum Gasteiger partial charge on any atom is -0.361 e. The molecule has 0 aliphatic rings. The van der Waals surface area contributed by atoms with Gasteiger partial charge in [-0.1, -0.05) is 35.9 Å². The molecule has 1 aromatic heterocycles. The van der Waals surface area contributed by atoms with Gasteiger partial charge in [0.2, 0.25) is 0 Å². The molecule has 1 heterocycles. The molecule has 0 saturated heterocycles. The largest absolute Gasteiger partial charge is 0.361 e. The van der Waals surface area contributed by atoms with Crippen molar-refractivity contribution in [3.05, 3.63) is 59.2 Å². The van der Waals surface area contributed by atoms with Crippen LogP contribution >= 0.6 is 11.6 Å². The second-order valence-electron chi connectivity index (χ2n) is 4.10. The maximum atomic E-state index is 10.7. The number of hydrogen-bond acceptors (Lipinski definition) is 1. The number of aromatic nitrogens is 1. The minimum absolute atomic E-state index is 0.588. The molecule has 0 radical (unpaired) electrons. The van der Waals surface area contributed by atoms with E-state index >= 15 is 0 Å². The lowest BCUT2D eigenvalue weighted by atomic mass is 10.0. The van der Waals surface area contributed by atoms with Crippen LogP contribution in [-0.2, 0) is 0 Å². The standard InChI is InChI=1S/C15H10ClNO/c16-14-8-10(9-18)4-5-12(14)11-2-1-3-15-13(11)6-7-17-15/h1-9,17H. The number of benzene rings is 2. The first-order chi connectivity index (χ1) is 8.79. The summed E-state index contributed by atoms with van der Waals surface area (Å²) in [7, 11) is 0. The minimum atomic E-state index is 0.588. The second-order valence-corrected chi connectivity index (χ2v) is 4.51. The van der Waals surface area contributed by atoms with Gasteiger partial charge in [-0.25, -0.2) is 0 Å². The summed E-state index contributed by atoms with van der Waals surface area (Å²) < 4.78 is 0. The predicted octanol–water partition coefficient (Wildman–Crippen LogP) is 4.30. The maximum Gasteiger partial charge on any atom is 0.150 e. The summed E-state index contributed by atoms with van der Waals surface area (Å²) in [6, 6.07) is 13.4. The zero-order valence-corrected chi connectivity index (χ0v) is 10.2. The van der Waals surface area contributed by atoms with Gasteiger partial charge in [0.15, 0.2) is 0 Å². The molecule has 0 spiro atoms. The molecule has 2 aromatic carbocycles. The van der Waals surface area contributed by atoms with Crippen molar-refractivity contribution in [2.45, 2.75) is 0 Å². The number of hydrogen-bond donors (Lipinski definition) is 1. The first-order valence-electron chi connectivity index (χ1n) is 5.61. The zero-order chi connectivity index (χ0) is 12.5. The molecule has 0 amide bonds. The third kappa shape index (κ3) is 1.71. The summed E-state index contributed by atoms with van der Waals surface area (Å²) in [5.41, 5.74) is 3.66. The summed E-state index contributed by atoms with van der Waals surface area (Å²) in [6.07, 6.45) is 2.70. The Morgan fingerprint density at radius 1 is 1.06 bits per heavy atom. The van der Waals surface area contributed by atoms with E-state index in [0.717, 1.165) is 28.3 Å². The van der Waals surface area contributed by atoms with Crippen LogP contribution in [0.5, 0.6) is 0 Å². The molecule has 88 valence electrons. The van der Waals surface area contributed by atoms with Crippen LogP contribution in [0.15, 0.2) is 48.7 Å². The molecule has 0 aliphatic heterocycles. The topological polar surface area (TPSA) is 32.9 Å². The van der Waals surface area contributed by atoms with Crippen molar-refractivity contribution in [1.82, 2.24) is 4.98 Å². The molecule has 0 bridgehead atoms. The molecule has 2 nitrogen and oxygen atoms in total. The molecule has 0 unspecified atom stereocenters. The van der Waals surface area contributed by atoms with Gasteiger partial charge in [0.1, 0.15) is 6.29 Å². The number of halogens is 1. The van der Waals surface area contributed by atoms with Gasteiger partial charge in [0.25, 0.3) is 0 Å². The highest BCUT2D eigenvalue weighted by atomic mass is 35.5. The molecule has 18 heavy (non-hydrogen) atoms. The Bertz CT molecular complexity index is 730. The molecule has 3 rings (SSSR count). The molecule has 1 N–H and O–H groups in total. The summed E-state index contributed by atoms with van der Waals surface area (Å²) in [6.45, 7) is 0. The molecular weight excluding hydrogens is 246 g/mol. The molecule has 3 heteroatoms. The van der Waals surface area contributed by atoms with E-state index in [4.69, 9.17) is 11.6 Å². The number of carbonyl (C=O) groups is 1. The van der Waals surface area contributed by atoms with E-state index in [9.17, 15) is 4.79 Å². The molecular formula is C15H10ClNO. The van der Waals surface area contributed by atoms with E-state index in [1.807, 2.05) is 36.5 Å². The Hall–Kier alpha value is -2.06. The predicted molar refractivity (Wildman–Crippen MR) is 74.1 cm³/mol. The van der Waals surface area contributed by atoms with Crippen LogP contribution in [0.3, 0.4) is 0 Å². The second kappa shape index (κ2) is 4.31. The van der Waals surface area contributed by atoms with Gasteiger partial charge in [-0.2, -0.15) is 0 Å². The highest BCUT2D eigenvalue weighted by molar-refractivity contribution is 6.34. The number of carbonyl (C=O) groups excluding carboxylic acids is 1. The number of aromatic amines is 1. The number of aldehydes is 1. The van der Waals surface area contributed by atoms with Crippen molar-refractivity contribution < 1.29 is 4.79 Å². The van der Waals surface area contributed by atoms with Crippen LogP contribution in [-0.4, -0.2) is 11.3 Å². The van der Waals surface area contributed by atoms with Crippen molar-refractivity contribution in [3.8, 4) is 11.1 Å². The summed E-state index contributed by atoms with van der Waals surface area (Å²) in [5, 5.41) is 1.71. The van der Waals surface area contributed by atoms with Crippen molar-refractivity contribution in [2.75, 3.05) is 0 Å². The van der Waals surface area contributed by atoms with Crippen LogP contribution in [0, 0.1) is 0 Å². The average Bonchev–Trinajstić information content (AvgIpc) is 2.87. The fourth-order valence-electron chi connectivity index (χ4n) is 2.14. The average molecular weight is 256 g/mol. The van der Waals surface area contributed by atoms with E-state index in [2.05, 4.69) is 4.98 Å². The van der Waals surface area contributed by atoms with Gasteiger partial charge in [0.05, 0.1) is 0 Å². The van der Waals surface area contributed by atoms with Crippen LogP contribution in [0.4, 0.5) is 0 Å². The van der Waals surface area contributed by atoms with E-state index in [-0.39, 0.29) is 0 Å². The van der Waals surface area contributed by atoms with Crippen molar-refractivity contribution in [1.29, 1.82) is 0 Å². The molecule has 0 saturated carbocycles. The Kier molecular flexibility index (Phi) is 2.65. The fraction of sp³-hybridized carbons (Fsp3) is 0. The lowest BCUT2D eigenvalue weighted by molar-refractivity contribution is 0.112. The number of fused-ring (bicyclic) bond motifs is 1. The summed E-state index contributed by atoms with van der Waals surface area (Å²) in [4.78, 5) is 13.9. The van der Waals surface area contributed by atoms with Crippen LogP contribution in [0.2, 0.25) is 5.02 Å². The van der Waals surface area contributed by atoms with Crippen LogP contribution in [0.25, 0.3) is 22.0 Å². The third-order valence-corrected chi connectivity index (χ3v) is 3.33. The van der Waals surface area contributed by atoms with Crippen LogP contribution < -0.4 is 0 Å². The van der Waals surface area contributed by atoms with Gasteiger partial charge < -0.3 is 4.98 Å². The van der Waals surface area contributed by atoms with E-state index < -0.39 is 0 Å². The lowest BCUT2D eigenvalue weighted by Crippen LogP contribution is -1.84. The van der Waals surface area contributed by atoms with Gasteiger partial charge in [0, 0.05) is 33.2 Å². The zero-order valence-electron chi connectivity index (χ0n) is 9.48. The smallest absolute Gasteiger partial charge is 0.150 e. The molecule has 0 atom stereocenters. The van der Waals surface area contributed by atoms with Crippen molar-refractivity contribution >= 4 is 28.8 Å². The highest BCUT2D eigenvalue weighted by Gasteiger charge is 2.08. The number of rotatable bonds is 2. The van der Waals surface area contributed by atoms with Crippen molar-refractivity contribution in [3.63, 3.8) is 0 Å². The molecule has 0 aliphatic carbocycles. The Morgan fingerprint density at radius 2 is 1.94 bits per heavy atom. The Labute approximate surface area is 109 Å². The molecule has 3 aromatic rings. The van der Waals surface area contributed by atoms with Crippen molar-refractivity contribution in [2.24, 2.45) is 0 Å².